The number of nitrogens with one attached hydrogen (secondary N) is 1. The van der Waals surface area contributed by atoms with Crippen LogP contribution < -0.4 is 5.32 Å². The highest BCUT2D eigenvalue weighted by Gasteiger charge is 2.31. The number of carbonyl (C=O) groups is 1. The maximum absolute atomic E-state index is 13.2. The van der Waals surface area contributed by atoms with Gasteiger partial charge in [-0.1, -0.05) is 25.3 Å². The summed E-state index contributed by atoms with van der Waals surface area (Å²) in [6.07, 6.45) is 11.0. The Morgan fingerprint density at radius 1 is 1.08 bits per heavy atom. The van der Waals surface area contributed by atoms with Crippen LogP contribution in [-0.2, 0) is 11.3 Å². The van der Waals surface area contributed by atoms with Crippen LogP contribution in [0.5, 0.6) is 0 Å². The summed E-state index contributed by atoms with van der Waals surface area (Å²) in [4.78, 5) is 19.8. The van der Waals surface area contributed by atoms with Gasteiger partial charge in [-0.15, -0.1) is 12.4 Å². The zero-order valence-corrected chi connectivity index (χ0v) is 15.3. The quantitative estimate of drug-likeness (QED) is 0.902. The molecule has 0 radical (unpaired) electrons. The van der Waals surface area contributed by atoms with Gasteiger partial charge in [-0.3, -0.25) is 9.78 Å². The molecule has 4 nitrogen and oxygen atoms in total. The second-order valence-electron chi connectivity index (χ2n) is 6.96. The third-order valence-electron chi connectivity index (χ3n) is 5.28. The van der Waals surface area contributed by atoms with Crippen LogP contribution in [0.25, 0.3) is 0 Å². The number of hydrogen-bond acceptors (Lipinski definition) is 3. The first-order valence-corrected chi connectivity index (χ1v) is 9.25. The molecule has 1 atom stereocenters. The zero-order valence-electron chi connectivity index (χ0n) is 14.5. The van der Waals surface area contributed by atoms with Crippen molar-refractivity contribution >= 4 is 18.3 Å². The van der Waals surface area contributed by atoms with E-state index in [1.807, 2.05) is 24.4 Å². The molecule has 1 unspecified atom stereocenters. The van der Waals surface area contributed by atoms with Crippen molar-refractivity contribution in [3.8, 4) is 0 Å². The van der Waals surface area contributed by atoms with Gasteiger partial charge in [-0.2, -0.15) is 0 Å². The van der Waals surface area contributed by atoms with E-state index in [0.29, 0.717) is 18.5 Å². The number of aromatic nitrogens is 1. The largest absolute Gasteiger partial charge is 0.334 e. The maximum atomic E-state index is 13.2. The molecule has 1 N–H and O–H groups in total. The van der Waals surface area contributed by atoms with Crippen LogP contribution in [0.1, 0.15) is 57.1 Å². The highest BCUT2D eigenvalue weighted by atomic mass is 35.5. The molecule has 1 aliphatic carbocycles. The molecule has 2 heterocycles. The van der Waals surface area contributed by atoms with Crippen molar-refractivity contribution in [2.75, 3.05) is 13.1 Å². The molecule has 0 spiro atoms. The van der Waals surface area contributed by atoms with Gasteiger partial charge < -0.3 is 10.2 Å². The average molecular weight is 352 g/mol. The van der Waals surface area contributed by atoms with Crippen LogP contribution in [0, 0.1) is 5.92 Å². The summed E-state index contributed by atoms with van der Waals surface area (Å²) < 4.78 is 0. The van der Waals surface area contributed by atoms with E-state index in [1.165, 1.54) is 19.3 Å². The van der Waals surface area contributed by atoms with Crippen molar-refractivity contribution < 1.29 is 4.79 Å². The van der Waals surface area contributed by atoms with Gasteiger partial charge in [-0.25, -0.2) is 0 Å². The van der Waals surface area contributed by atoms with Gasteiger partial charge >= 0.3 is 0 Å². The van der Waals surface area contributed by atoms with Crippen LogP contribution in [0.2, 0.25) is 0 Å². The highest BCUT2D eigenvalue weighted by Crippen LogP contribution is 2.28. The minimum absolute atomic E-state index is 0. The lowest BCUT2D eigenvalue weighted by Crippen LogP contribution is -2.44. The van der Waals surface area contributed by atoms with E-state index >= 15 is 0 Å². The molecular formula is C19H30ClN3O. The van der Waals surface area contributed by atoms with Crippen LogP contribution in [0.4, 0.5) is 0 Å². The number of nitrogens with zero attached hydrogens (tertiary/aromatic N) is 2. The number of rotatable bonds is 4. The topological polar surface area (TPSA) is 45.2 Å². The average Bonchev–Trinajstić information content (AvgIpc) is 2.90. The first kappa shape index (κ1) is 19.2. The Kier molecular flexibility index (Phi) is 8.00. The predicted octanol–water partition coefficient (Wildman–Crippen LogP) is 3.55. The van der Waals surface area contributed by atoms with Crippen LogP contribution in [0.3, 0.4) is 0 Å². The molecule has 3 rings (SSSR count). The molecule has 1 aliphatic heterocycles. The van der Waals surface area contributed by atoms with Crippen molar-refractivity contribution in [1.82, 2.24) is 15.2 Å². The number of carbonyl (C=O) groups excluding carboxylic acids is 1. The Balaban J connectivity index is 0.00000208. The molecule has 1 amide bonds. The fraction of sp³-hybridized carbons (Fsp3) is 0.684. The Bertz CT molecular complexity index is 483. The summed E-state index contributed by atoms with van der Waals surface area (Å²) in [6.45, 7) is 2.76. The van der Waals surface area contributed by atoms with E-state index in [9.17, 15) is 4.79 Å². The Labute approximate surface area is 151 Å². The summed E-state index contributed by atoms with van der Waals surface area (Å²) >= 11 is 0. The smallest absolute Gasteiger partial charge is 0.226 e. The third-order valence-corrected chi connectivity index (χ3v) is 5.28. The second-order valence-corrected chi connectivity index (χ2v) is 6.96. The second kappa shape index (κ2) is 10.00. The summed E-state index contributed by atoms with van der Waals surface area (Å²) in [7, 11) is 0. The van der Waals surface area contributed by atoms with E-state index in [0.717, 1.165) is 50.9 Å². The van der Waals surface area contributed by atoms with E-state index in [2.05, 4.69) is 15.2 Å². The van der Waals surface area contributed by atoms with Crippen LogP contribution in [0.15, 0.2) is 24.4 Å². The Morgan fingerprint density at radius 2 is 1.92 bits per heavy atom. The molecule has 2 aliphatic rings. The number of pyridine rings is 1. The Hall–Kier alpha value is -1.13. The van der Waals surface area contributed by atoms with Crippen LogP contribution in [-0.4, -0.2) is 34.9 Å². The zero-order chi connectivity index (χ0) is 15.9. The third kappa shape index (κ3) is 5.18. The van der Waals surface area contributed by atoms with Crippen molar-refractivity contribution in [3.05, 3.63) is 30.1 Å². The molecule has 0 bridgehead atoms. The van der Waals surface area contributed by atoms with Gasteiger partial charge in [0.2, 0.25) is 5.91 Å². The summed E-state index contributed by atoms with van der Waals surface area (Å²) in [5.41, 5.74) is 1.01. The summed E-state index contributed by atoms with van der Waals surface area (Å²) in [6, 6.07) is 6.35. The molecule has 2 fully saturated rings. The predicted molar refractivity (Wildman–Crippen MR) is 99.1 cm³/mol. The minimum atomic E-state index is 0. The fourth-order valence-corrected chi connectivity index (χ4v) is 3.95. The number of halogens is 1. The van der Waals surface area contributed by atoms with Crippen molar-refractivity contribution in [2.45, 2.75) is 64.0 Å². The standard InChI is InChI=1S/C19H29N3O.ClH/c23-19(16-7-2-1-3-8-16)22(15-17-9-4-5-13-21-17)18-10-6-12-20-14-11-18;/h4-5,9,13,16,18,20H,1-3,6-8,10-12,14-15H2;1H. The molecular weight excluding hydrogens is 322 g/mol. The van der Waals surface area contributed by atoms with Crippen LogP contribution >= 0.6 is 12.4 Å². The van der Waals surface area contributed by atoms with E-state index < -0.39 is 0 Å². The number of hydrogen-bond donors (Lipinski definition) is 1. The molecule has 1 aromatic rings. The maximum Gasteiger partial charge on any atom is 0.226 e. The minimum Gasteiger partial charge on any atom is -0.334 e. The fourth-order valence-electron chi connectivity index (χ4n) is 3.95. The van der Waals surface area contributed by atoms with Gasteiger partial charge in [0.25, 0.3) is 0 Å². The highest BCUT2D eigenvalue weighted by molar-refractivity contribution is 5.85. The SMILES string of the molecule is Cl.O=C(C1CCCCC1)N(Cc1ccccn1)C1CCCNCC1. The van der Waals surface area contributed by atoms with Gasteiger partial charge in [-0.05, 0) is 57.3 Å². The molecule has 1 aromatic heterocycles. The molecule has 1 saturated heterocycles. The van der Waals surface area contributed by atoms with Crippen molar-refractivity contribution in [3.63, 3.8) is 0 Å². The van der Waals surface area contributed by atoms with Gasteiger partial charge in [0, 0.05) is 18.2 Å². The Morgan fingerprint density at radius 3 is 2.67 bits per heavy atom. The summed E-state index contributed by atoms with van der Waals surface area (Å²) in [5.74, 6) is 0.617. The molecule has 5 heteroatoms. The van der Waals surface area contributed by atoms with E-state index in [4.69, 9.17) is 0 Å². The summed E-state index contributed by atoms with van der Waals surface area (Å²) in [5, 5.41) is 3.46. The van der Waals surface area contributed by atoms with Gasteiger partial charge in [0.1, 0.15) is 0 Å². The lowest BCUT2D eigenvalue weighted by atomic mass is 9.87. The molecule has 0 aromatic carbocycles. The van der Waals surface area contributed by atoms with Crippen molar-refractivity contribution in [1.29, 1.82) is 0 Å². The van der Waals surface area contributed by atoms with Crippen molar-refractivity contribution in [2.24, 2.45) is 5.92 Å². The van der Waals surface area contributed by atoms with E-state index in [1.54, 1.807) is 0 Å². The number of amides is 1. The normalized spacial score (nSPS) is 22.2. The molecule has 24 heavy (non-hydrogen) atoms. The monoisotopic (exact) mass is 351 g/mol. The first-order chi connectivity index (χ1) is 11.3. The lowest BCUT2D eigenvalue weighted by Gasteiger charge is -2.35. The van der Waals surface area contributed by atoms with E-state index in [-0.39, 0.29) is 18.3 Å². The first-order valence-electron chi connectivity index (χ1n) is 9.25. The van der Waals surface area contributed by atoms with Gasteiger partial charge in [0.05, 0.1) is 12.2 Å². The molecule has 1 saturated carbocycles. The molecule has 134 valence electrons. The lowest BCUT2D eigenvalue weighted by molar-refractivity contribution is -0.140. The van der Waals surface area contributed by atoms with Gasteiger partial charge in [0.15, 0.2) is 0 Å².